The van der Waals surface area contributed by atoms with E-state index in [1.165, 1.54) is 6.21 Å². The standard InChI is InChI=1S/C13H21N3O4.Na.H/c1-13(2,3)12-10(20-9-19-6-5-18-4)7-14-11(16-12)8-15-17;;/h7-8,17H,5-6,9H2,1-4H3;;/q;+1;-1. The number of rotatable bonds is 7. The third-order valence-corrected chi connectivity index (χ3v) is 2.39. The number of hydrogen-bond acceptors (Lipinski definition) is 7. The van der Waals surface area contributed by atoms with Gasteiger partial charge in [0.2, 0.25) is 0 Å². The zero-order valence-corrected chi connectivity index (χ0v) is 15.3. The maximum absolute atomic E-state index is 8.53. The first kappa shape index (κ1) is 20.3. The molecule has 0 aliphatic carbocycles. The van der Waals surface area contributed by atoms with Gasteiger partial charge in [0.25, 0.3) is 0 Å². The molecule has 1 N–H and O–H groups in total. The van der Waals surface area contributed by atoms with Crippen LogP contribution in [0.1, 0.15) is 33.7 Å². The van der Waals surface area contributed by atoms with Crippen LogP contribution in [0.4, 0.5) is 0 Å². The minimum absolute atomic E-state index is 0. The van der Waals surface area contributed by atoms with E-state index in [9.17, 15) is 0 Å². The Balaban J connectivity index is 0. The van der Waals surface area contributed by atoms with E-state index in [0.717, 1.165) is 5.69 Å². The van der Waals surface area contributed by atoms with Crippen molar-refractivity contribution in [2.24, 2.45) is 5.16 Å². The van der Waals surface area contributed by atoms with Crippen LogP contribution in [0.5, 0.6) is 5.75 Å². The molecule has 0 unspecified atom stereocenters. The van der Waals surface area contributed by atoms with E-state index in [1.54, 1.807) is 13.3 Å². The monoisotopic (exact) mass is 307 g/mol. The number of aromatic nitrogens is 2. The van der Waals surface area contributed by atoms with Crippen molar-refractivity contribution in [2.75, 3.05) is 27.1 Å². The average Bonchev–Trinajstić information content (AvgIpc) is 2.39. The molecule has 0 amide bonds. The molecule has 0 saturated heterocycles. The molecule has 1 heterocycles. The molecule has 0 aliphatic heterocycles. The molecular formula is C13H22N3NaO4. The molecule has 0 atom stereocenters. The van der Waals surface area contributed by atoms with Gasteiger partial charge in [-0.2, -0.15) is 0 Å². The summed E-state index contributed by atoms with van der Waals surface area (Å²) >= 11 is 0. The van der Waals surface area contributed by atoms with E-state index in [1.807, 2.05) is 20.8 Å². The van der Waals surface area contributed by atoms with Gasteiger partial charge in [-0.1, -0.05) is 25.9 Å². The van der Waals surface area contributed by atoms with Crippen molar-refractivity contribution in [3.63, 3.8) is 0 Å². The number of ether oxygens (including phenoxy) is 3. The minimum Gasteiger partial charge on any atom is -1.00 e. The smallest absolute Gasteiger partial charge is 1.00 e. The summed E-state index contributed by atoms with van der Waals surface area (Å²) in [7, 11) is 1.61. The van der Waals surface area contributed by atoms with Crippen LogP contribution in [0.2, 0.25) is 0 Å². The van der Waals surface area contributed by atoms with E-state index >= 15 is 0 Å². The Labute approximate surface area is 148 Å². The molecule has 1 rings (SSSR count). The van der Waals surface area contributed by atoms with Crippen LogP contribution in [0.25, 0.3) is 0 Å². The Morgan fingerprint density at radius 3 is 2.67 bits per heavy atom. The number of oxime groups is 1. The fourth-order valence-electron chi connectivity index (χ4n) is 1.45. The SMILES string of the molecule is COCCOCOc1cnc(C=NO)nc1C(C)(C)C.[H-].[Na+]. The zero-order chi connectivity index (χ0) is 15.0. The summed E-state index contributed by atoms with van der Waals surface area (Å²) in [6.45, 7) is 7.09. The zero-order valence-electron chi connectivity index (χ0n) is 14.3. The number of methoxy groups -OCH3 is 1. The molecular weight excluding hydrogens is 285 g/mol. The maximum Gasteiger partial charge on any atom is 1.00 e. The van der Waals surface area contributed by atoms with Gasteiger partial charge in [0.15, 0.2) is 18.4 Å². The average molecular weight is 307 g/mol. The number of nitrogens with zero attached hydrogens (tertiary/aromatic N) is 3. The molecule has 8 heteroatoms. The van der Waals surface area contributed by atoms with Gasteiger partial charge in [-0.25, -0.2) is 9.97 Å². The van der Waals surface area contributed by atoms with Crippen LogP contribution in [0.3, 0.4) is 0 Å². The largest absolute Gasteiger partial charge is 1.00 e. The van der Waals surface area contributed by atoms with Crippen molar-refractivity contribution >= 4 is 6.21 Å². The van der Waals surface area contributed by atoms with Crippen molar-refractivity contribution in [1.29, 1.82) is 0 Å². The van der Waals surface area contributed by atoms with Crippen molar-refractivity contribution < 1.29 is 50.4 Å². The summed E-state index contributed by atoms with van der Waals surface area (Å²) < 4.78 is 15.7. The maximum atomic E-state index is 8.53. The molecule has 0 aromatic carbocycles. The molecule has 0 saturated carbocycles. The van der Waals surface area contributed by atoms with Gasteiger partial charge >= 0.3 is 29.6 Å². The summed E-state index contributed by atoms with van der Waals surface area (Å²) in [5.74, 6) is 0.870. The third kappa shape index (κ3) is 7.19. The summed E-state index contributed by atoms with van der Waals surface area (Å²) in [4.78, 5) is 8.36. The molecule has 114 valence electrons. The van der Waals surface area contributed by atoms with Crippen molar-refractivity contribution in [3.05, 3.63) is 17.7 Å². The Morgan fingerprint density at radius 1 is 1.38 bits per heavy atom. The van der Waals surface area contributed by atoms with Gasteiger partial charge in [-0.05, 0) is 0 Å². The molecule has 7 nitrogen and oxygen atoms in total. The van der Waals surface area contributed by atoms with E-state index in [-0.39, 0.29) is 43.2 Å². The predicted octanol–water partition coefficient (Wildman–Crippen LogP) is -1.30. The second kappa shape index (κ2) is 10.1. The van der Waals surface area contributed by atoms with Crippen LogP contribution < -0.4 is 34.3 Å². The molecule has 0 radical (unpaired) electrons. The van der Waals surface area contributed by atoms with Gasteiger partial charge in [0, 0.05) is 12.5 Å². The second-order valence-corrected chi connectivity index (χ2v) is 5.10. The summed E-state index contributed by atoms with van der Waals surface area (Å²) in [5.41, 5.74) is 0.487. The van der Waals surface area contributed by atoms with Crippen LogP contribution >= 0.6 is 0 Å². The molecule has 21 heavy (non-hydrogen) atoms. The minimum atomic E-state index is -0.233. The molecule has 0 fully saturated rings. The van der Waals surface area contributed by atoms with E-state index in [4.69, 9.17) is 19.4 Å². The fourth-order valence-corrected chi connectivity index (χ4v) is 1.45. The van der Waals surface area contributed by atoms with E-state index < -0.39 is 0 Å². The van der Waals surface area contributed by atoms with Gasteiger partial charge in [-0.15, -0.1) is 0 Å². The molecule has 1 aromatic heterocycles. The fraction of sp³-hybridized carbons (Fsp3) is 0.615. The summed E-state index contributed by atoms with van der Waals surface area (Å²) in [5, 5.41) is 11.5. The van der Waals surface area contributed by atoms with Gasteiger partial charge in [-0.3, -0.25) is 0 Å². The van der Waals surface area contributed by atoms with Crippen molar-refractivity contribution in [1.82, 2.24) is 9.97 Å². The summed E-state index contributed by atoms with van der Waals surface area (Å²) in [6.07, 6.45) is 2.72. The third-order valence-electron chi connectivity index (χ3n) is 2.39. The predicted molar refractivity (Wildman–Crippen MR) is 74.5 cm³/mol. The van der Waals surface area contributed by atoms with Gasteiger partial charge in [0.05, 0.1) is 25.1 Å². The van der Waals surface area contributed by atoms with Crippen LogP contribution in [-0.4, -0.2) is 48.5 Å². The Hall–Kier alpha value is -0.730. The van der Waals surface area contributed by atoms with Crippen LogP contribution in [0.15, 0.2) is 11.4 Å². The van der Waals surface area contributed by atoms with E-state index in [2.05, 4.69) is 15.1 Å². The second-order valence-electron chi connectivity index (χ2n) is 5.10. The normalized spacial score (nSPS) is 11.4. The first-order chi connectivity index (χ1) is 9.49. The quantitative estimate of drug-likeness (QED) is 0.168. The molecule has 0 bridgehead atoms. The van der Waals surface area contributed by atoms with Crippen LogP contribution in [-0.2, 0) is 14.9 Å². The van der Waals surface area contributed by atoms with Gasteiger partial charge in [0.1, 0.15) is 6.21 Å². The first-order valence-electron chi connectivity index (χ1n) is 6.23. The Bertz CT molecular complexity index is 455. The van der Waals surface area contributed by atoms with Crippen LogP contribution in [0, 0.1) is 0 Å². The topological polar surface area (TPSA) is 86.1 Å². The number of hydrogen-bond donors (Lipinski definition) is 1. The molecule has 0 aliphatic rings. The van der Waals surface area contributed by atoms with Crippen molar-refractivity contribution in [2.45, 2.75) is 26.2 Å². The van der Waals surface area contributed by atoms with Gasteiger partial charge < -0.3 is 20.8 Å². The van der Waals surface area contributed by atoms with Crippen molar-refractivity contribution in [3.8, 4) is 5.75 Å². The Morgan fingerprint density at radius 2 is 2.10 bits per heavy atom. The summed E-state index contributed by atoms with van der Waals surface area (Å²) in [6, 6.07) is 0. The van der Waals surface area contributed by atoms with E-state index in [0.29, 0.717) is 24.8 Å². The molecule has 1 aromatic rings. The molecule has 0 spiro atoms. The Kier molecular flexibility index (Phi) is 9.72. The first-order valence-corrected chi connectivity index (χ1v) is 6.23.